The van der Waals surface area contributed by atoms with Crippen molar-refractivity contribution in [3.63, 3.8) is 0 Å². The molecule has 28 heavy (non-hydrogen) atoms. The number of carbonyl (C=O) groups is 2. The van der Waals surface area contributed by atoms with E-state index in [1.54, 1.807) is 36.7 Å². The second-order valence-electron chi connectivity index (χ2n) is 8.44. The Balaban J connectivity index is 1.68. The molecule has 6 nitrogen and oxygen atoms in total. The van der Waals surface area contributed by atoms with Crippen molar-refractivity contribution < 1.29 is 14.7 Å². The fraction of sp³-hybridized carbons (Fsp3) is 0.455. The lowest BCUT2D eigenvalue weighted by molar-refractivity contribution is -0.140. The van der Waals surface area contributed by atoms with Gasteiger partial charge in [-0.25, -0.2) is 9.78 Å². The summed E-state index contributed by atoms with van der Waals surface area (Å²) in [6, 6.07) is 6.84. The minimum atomic E-state index is -0.973. The largest absolute Gasteiger partial charge is 0.478 e. The van der Waals surface area contributed by atoms with Crippen molar-refractivity contribution in [1.82, 2.24) is 14.9 Å². The van der Waals surface area contributed by atoms with Gasteiger partial charge in [-0.05, 0) is 31.2 Å². The second kappa shape index (κ2) is 8.09. The molecule has 1 fully saturated rings. The van der Waals surface area contributed by atoms with Gasteiger partial charge in [0.2, 0.25) is 5.91 Å². The first-order valence-corrected chi connectivity index (χ1v) is 9.68. The highest BCUT2D eigenvalue weighted by Crippen LogP contribution is 2.26. The maximum absolute atomic E-state index is 12.4. The monoisotopic (exact) mass is 381 g/mol. The summed E-state index contributed by atoms with van der Waals surface area (Å²) in [5, 5.41) is 9.40. The van der Waals surface area contributed by atoms with E-state index in [0.29, 0.717) is 17.2 Å². The summed E-state index contributed by atoms with van der Waals surface area (Å²) >= 11 is 0. The van der Waals surface area contributed by atoms with Gasteiger partial charge in [0.15, 0.2) is 0 Å². The Labute approximate surface area is 165 Å². The fourth-order valence-corrected chi connectivity index (χ4v) is 3.64. The predicted molar refractivity (Wildman–Crippen MR) is 107 cm³/mol. The molecule has 0 bridgehead atoms. The number of carbonyl (C=O) groups excluding carboxylic acids is 1. The second-order valence-corrected chi connectivity index (χ2v) is 8.44. The lowest BCUT2D eigenvalue weighted by Gasteiger charge is -2.35. The van der Waals surface area contributed by atoms with Crippen LogP contribution in [0.1, 0.15) is 49.7 Å². The summed E-state index contributed by atoms with van der Waals surface area (Å²) in [7, 11) is 0. The van der Waals surface area contributed by atoms with Crippen LogP contribution >= 0.6 is 0 Å². The van der Waals surface area contributed by atoms with E-state index >= 15 is 0 Å². The zero-order valence-electron chi connectivity index (χ0n) is 16.7. The Morgan fingerprint density at radius 3 is 2.46 bits per heavy atom. The molecule has 2 heterocycles. The Hall–Kier alpha value is -2.76. The Morgan fingerprint density at radius 2 is 1.82 bits per heavy atom. The number of likely N-dealkylation sites (tertiary alicyclic amines) is 1. The molecule has 1 aliphatic heterocycles. The summed E-state index contributed by atoms with van der Waals surface area (Å²) in [4.78, 5) is 34.8. The number of aromatic nitrogens is 2. The van der Waals surface area contributed by atoms with E-state index in [4.69, 9.17) is 0 Å². The summed E-state index contributed by atoms with van der Waals surface area (Å²) in [6.07, 6.45) is 6.03. The van der Waals surface area contributed by atoms with Crippen LogP contribution in [0.2, 0.25) is 0 Å². The first kappa shape index (κ1) is 20.0. The number of piperidine rings is 1. The molecule has 1 N–H and O–H groups in total. The van der Waals surface area contributed by atoms with Gasteiger partial charge < -0.3 is 10.0 Å². The van der Waals surface area contributed by atoms with Gasteiger partial charge in [0.1, 0.15) is 0 Å². The van der Waals surface area contributed by atoms with E-state index in [1.807, 2.05) is 25.7 Å². The molecule has 0 saturated carbocycles. The van der Waals surface area contributed by atoms with Crippen molar-refractivity contribution in [2.24, 2.45) is 11.3 Å². The molecular formula is C22H27N3O3. The van der Waals surface area contributed by atoms with Crippen molar-refractivity contribution in [1.29, 1.82) is 0 Å². The van der Waals surface area contributed by atoms with Crippen molar-refractivity contribution in [3.8, 4) is 11.3 Å². The third-order valence-corrected chi connectivity index (χ3v) is 5.16. The highest BCUT2D eigenvalue weighted by molar-refractivity contribution is 5.95. The SMILES string of the molecule is CC(C)(C)C(=O)N1CCC(Cc2cncc(-c3ccccc3C(=O)O)n2)CC1. The van der Waals surface area contributed by atoms with Gasteiger partial charge in [0, 0.05) is 30.3 Å². The molecule has 3 rings (SSSR count). The zero-order chi connectivity index (χ0) is 20.3. The molecule has 1 saturated heterocycles. The summed E-state index contributed by atoms with van der Waals surface area (Å²) in [5.74, 6) is -0.319. The first-order valence-electron chi connectivity index (χ1n) is 9.68. The highest BCUT2D eigenvalue weighted by Gasteiger charge is 2.30. The lowest BCUT2D eigenvalue weighted by atomic mass is 9.89. The van der Waals surface area contributed by atoms with Gasteiger partial charge in [-0.2, -0.15) is 0 Å². The molecule has 0 unspecified atom stereocenters. The molecule has 0 radical (unpaired) electrons. The van der Waals surface area contributed by atoms with Gasteiger partial charge >= 0.3 is 5.97 Å². The van der Waals surface area contributed by atoms with E-state index in [1.165, 1.54) is 0 Å². The van der Waals surface area contributed by atoms with E-state index < -0.39 is 5.97 Å². The Bertz CT molecular complexity index is 865. The molecule has 0 aliphatic carbocycles. The Morgan fingerprint density at radius 1 is 1.14 bits per heavy atom. The van der Waals surface area contributed by atoms with Crippen molar-refractivity contribution in [2.75, 3.05) is 13.1 Å². The predicted octanol–water partition coefficient (Wildman–Crippen LogP) is 3.67. The quantitative estimate of drug-likeness (QED) is 0.874. The van der Waals surface area contributed by atoms with Gasteiger partial charge in [-0.3, -0.25) is 9.78 Å². The highest BCUT2D eigenvalue weighted by atomic mass is 16.4. The van der Waals surface area contributed by atoms with Gasteiger partial charge in [-0.15, -0.1) is 0 Å². The van der Waals surface area contributed by atoms with Crippen LogP contribution in [-0.4, -0.2) is 44.9 Å². The number of carboxylic acids is 1. The fourth-order valence-electron chi connectivity index (χ4n) is 3.64. The number of carboxylic acid groups (broad SMARTS) is 1. The van der Waals surface area contributed by atoms with Crippen LogP contribution in [0.5, 0.6) is 0 Å². The minimum Gasteiger partial charge on any atom is -0.478 e. The van der Waals surface area contributed by atoms with E-state index in [-0.39, 0.29) is 16.9 Å². The summed E-state index contributed by atoms with van der Waals surface area (Å²) < 4.78 is 0. The molecule has 0 spiro atoms. The van der Waals surface area contributed by atoms with Gasteiger partial charge in [0.25, 0.3) is 0 Å². The van der Waals surface area contributed by atoms with Crippen LogP contribution in [0.25, 0.3) is 11.3 Å². The molecule has 148 valence electrons. The normalized spacial score (nSPS) is 15.5. The molecular weight excluding hydrogens is 354 g/mol. The van der Waals surface area contributed by atoms with Crippen LogP contribution in [0.3, 0.4) is 0 Å². The average molecular weight is 381 g/mol. The molecule has 2 aromatic rings. The maximum Gasteiger partial charge on any atom is 0.336 e. The number of benzene rings is 1. The molecule has 0 atom stereocenters. The third-order valence-electron chi connectivity index (χ3n) is 5.16. The summed E-state index contributed by atoms with van der Waals surface area (Å²) in [6.45, 7) is 7.41. The standard InChI is InChI=1S/C22H27N3O3/c1-22(2,3)21(28)25-10-8-15(9-11-25)12-16-13-23-14-19(24-16)17-6-4-5-7-18(17)20(26)27/h4-7,13-15H,8-12H2,1-3H3,(H,26,27). The maximum atomic E-state index is 12.4. The minimum absolute atomic E-state index is 0.206. The van der Waals surface area contributed by atoms with Crippen LogP contribution in [-0.2, 0) is 11.2 Å². The van der Waals surface area contributed by atoms with Crippen LogP contribution in [0.15, 0.2) is 36.7 Å². The van der Waals surface area contributed by atoms with Gasteiger partial charge in [0.05, 0.1) is 23.1 Å². The molecule has 1 aromatic heterocycles. The average Bonchev–Trinajstić information content (AvgIpc) is 2.67. The van der Waals surface area contributed by atoms with Crippen LogP contribution in [0, 0.1) is 11.3 Å². The lowest BCUT2D eigenvalue weighted by Crippen LogP contribution is -2.44. The van der Waals surface area contributed by atoms with E-state index in [9.17, 15) is 14.7 Å². The smallest absolute Gasteiger partial charge is 0.336 e. The number of hydrogen-bond acceptors (Lipinski definition) is 4. The van der Waals surface area contributed by atoms with Gasteiger partial charge in [-0.1, -0.05) is 39.0 Å². The molecule has 6 heteroatoms. The van der Waals surface area contributed by atoms with E-state index in [0.717, 1.165) is 38.0 Å². The first-order chi connectivity index (χ1) is 13.3. The van der Waals surface area contributed by atoms with E-state index in [2.05, 4.69) is 9.97 Å². The number of aromatic carboxylic acids is 1. The number of rotatable bonds is 4. The number of amides is 1. The molecule has 1 amide bonds. The Kier molecular flexibility index (Phi) is 5.77. The van der Waals surface area contributed by atoms with Crippen molar-refractivity contribution in [3.05, 3.63) is 47.9 Å². The zero-order valence-corrected chi connectivity index (χ0v) is 16.7. The topological polar surface area (TPSA) is 83.4 Å². The molecule has 1 aliphatic rings. The third kappa shape index (κ3) is 4.55. The van der Waals surface area contributed by atoms with Crippen LogP contribution < -0.4 is 0 Å². The van der Waals surface area contributed by atoms with Crippen molar-refractivity contribution in [2.45, 2.75) is 40.0 Å². The summed E-state index contributed by atoms with van der Waals surface area (Å²) in [5.41, 5.74) is 1.90. The van der Waals surface area contributed by atoms with Crippen LogP contribution in [0.4, 0.5) is 0 Å². The number of hydrogen-bond donors (Lipinski definition) is 1. The van der Waals surface area contributed by atoms with Crippen molar-refractivity contribution >= 4 is 11.9 Å². The number of nitrogens with zero attached hydrogens (tertiary/aromatic N) is 3. The molecule has 1 aromatic carbocycles.